The van der Waals surface area contributed by atoms with Crippen LogP contribution >= 0.6 is 0 Å². The third kappa shape index (κ3) is 4.15. The fourth-order valence-corrected chi connectivity index (χ4v) is 2.34. The van der Waals surface area contributed by atoms with Crippen LogP contribution in [0.4, 0.5) is 0 Å². The second-order valence-corrected chi connectivity index (χ2v) is 5.52. The predicted octanol–water partition coefficient (Wildman–Crippen LogP) is -2.36. The molecule has 0 saturated carbocycles. The summed E-state index contributed by atoms with van der Waals surface area (Å²) in [5.74, 6) is -2.58. The van der Waals surface area contributed by atoms with Crippen LogP contribution in [0.3, 0.4) is 0 Å². The summed E-state index contributed by atoms with van der Waals surface area (Å²) in [5.41, 5.74) is 5.59. The molecular weight excluding hydrogens is 294 g/mol. The molecule has 9 heteroatoms. The normalized spacial score (nSPS) is 23.5. The quantitative estimate of drug-likeness (QED) is 0.367. The van der Waals surface area contributed by atoms with Crippen LogP contribution in [0.15, 0.2) is 0 Å². The summed E-state index contributed by atoms with van der Waals surface area (Å²) in [6.07, 6.45) is -1.38. The topological polar surface area (TPSA) is 153 Å². The van der Waals surface area contributed by atoms with Crippen molar-refractivity contribution in [3.63, 3.8) is 0 Å². The monoisotopic (exact) mass is 317 g/mol. The Morgan fingerprint density at radius 1 is 1.23 bits per heavy atom. The van der Waals surface area contributed by atoms with Gasteiger partial charge in [-0.15, -0.1) is 0 Å². The molecule has 22 heavy (non-hydrogen) atoms. The van der Waals surface area contributed by atoms with E-state index in [2.05, 4.69) is 5.32 Å². The van der Waals surface area contributed by atoms with Crippen LogP contribution in [-0.2, 0) is 14.4 Å². The Balaban J connectivity index is 2.79. The molecule has 0 spiro atoms. The minimum atomic E-state index is -1.45. The van der Waals surface area contributed by atoms with E-state index >= 15 is 0 Å². The molecule has 2 amide bonds. The first kappa shape index (κ1) is 18.3. The number of aliphatic carboxylic acids is 1. The third-order valence-electron chi connectivity index (χ3n) is 3.69. The summed E-state index contributed by atoms with van der Waals surface area (Å²) in [7, 11) is 0. The number of likely N-dealkylation sites (tertiary alicyclic amines) is 1. The molecule has 0 radical (unpaired) electrons. The van der Waals surface area contributed by atoms with Gasteiger partial charge in [-0.25, -0.2) is 4.79 Å². The highest BCUT2D eigenvalue weighted by molar-refractivity contribution is 5.92. The number of aliphatic hydroxyl groups excluding tert-OH is 2. The third-order valence-corrected chi connectivity index (χ3v) is 3.69. The lowest BCUT2D eigenvalue weighted by Gasteiger charge is -2.28. The summed E-state index contributed by atoms with van der Waals surface area (Å²) in [6.45, 7) is 2.94. The van der Waals surface area contributed by atoms with Crippen molar-refractivity contribution in [1.82, 2.24) is 10.2 Å². The van der Waals surface area contributed by atoms with E-state index < -0.39 is 48.1 Å². The number of rotatable bonds is 6. The largest absolute Gasteiger partial charge is 0.480 e. The van der Waals surface area contributed by atoms with Gasteiger partial charge in [0.25, 0.3) is 0 Å². The number of aliphatic hydroxyl groups is 2. The molecule has 1 aliphatic rings. The fourth-order valence-electron chi connectivity index (χ4n) is 2.34. The summed E-state index contributed by atoms with van der Waals surface area (Å²) in [6, 6.07) is -3.44. The summed E-state index contributed by atoms with van der Waals surface area (Å²) in [4.78, 5) is 36.6. The van der Waals surface area contributed by atoms with Crippen molar-refractivity contribution in [1.29, 1.82) is 0 Å². The van der Waals surface area contributed by atoms with Crippen LogP contribution in [0.25, 0.3) is 0 Å². The van der Waals surface area contributed by atoms with Gasteiger partial charge in [-0.1, -0.05) is 0 Å². The van der Waals surface area contributed by atoms with Crippen LogP contribution in [0.2, 0.25) is 0 Å². The van der Waals surface area contributed by atoms with Gasteiger partial charge in [-0.3, -0.25) is 9.59 Å². The maximum Gasteiger partial charge on any atom is 0.328 e. The number of carbonyl (C=O) groups is 3. The van der Waals surface area contributed by atoms with Gasteiger partial charge < -0.3 is 31.3 Å². The first-order chi connectivity index (χ1) is 10.2. The van der Waals surface area contributed by atoms with E-state index in [0.717, 1.165) is 0 Å². The van der Waals surface area contributed by atoms with Gasteiger partial charge in [0, 0.05) is 6.54 Å². The van der Waals surface area contributed by atoms with Gasteiger partial charge in [-0.2, -0.15) is 0 Å². The SMILES string of the molecule is C[C@@H](O)[C@H](N)C(=O)N1CCC[C@@H]1C(=O)N[C@H](C(=O)O)[C@@H](C)O. The number of nitrogens with two attached hydrogens (primary N) is 1. The van der Waals surface area contributed by atoms with Crippen molar-refractivity contribution in [2.24, 2.45) is 5.73 Å². The molecule has 1 heterocycles. The summed E-state index contributed by atoms with van der Waals surface area (Å²) >= 11 is 0. The molecule has 0 aromatic carbocycles. The average molecular weight is 317 g/mol. The van der Waals surface area contributed by atoms with Gasteiger partial charge in [0.1, 0.15) is 12.1 Å². The summed E-state index contributed by atoms with van der Waals surface area (Å²) < 4.78 is 0. The zero-order chi connectivity index (χ0) is 17.0. The van der Waals surface area contributed by atoms with E-state index in [9.17, 15) is 24.6 Å². The number of amides is 2. The molecule has 1 aliphatic heterocycles. The van der Waals surface area contributed by atoms with Gasteiger partial charge >= 0.3 is 5.97 Å². The van der Waals surface area contributed by atoms with Gasteiger partial charge in [0.05, 0.1) is 12.2 Å². The Morgan fingerprint density at radius 2 is 1.82 bits per heavy atom. The fraction of sp³-hybridized carbons (Fsp3) is 0.769. The van der Waals surface area contributed by atoms with E-state index in [1.165, 1.54) is 18.7 Å². The number of hydrogen-bond acceptors (Lipinski definition) is 6. The lowest BCUT2D eigenvalue weighted by atomic mass is 10.1. The molecule has 126 valence electrons. The second kappa shape index (κ2) is 7.52. The van der Waals surface area contributed by atoms with Crippen molar-refractivity contribution < 1.29 is 29.7 Å². The Bertz CT molecular complexity index is 439. The number of carboxylic acids is 1. The van der Waals surface area contributed by atoms with Crippen LogP contribution in [0.5, 0.6) is 0 Å². The number of carboxylic acid groups (broad SMARTS) is 1. The zero-order valence-electron chi connectivity index (χ0n) is 12.6. The highest BCUT2D eigenvalue weighted by Gasteiger charge is 2.39. The van der Waals surface area contributed by atoms with Crippen LogP contribution in [0, 0.1) is 0 Å². The lowest BCUT2D eigenvalue weighted by Crippen LogP contribution is -2.57. The number of hydrogen-bond donors (Lipinski definition) is 5. The van der Waals surface area contributed by atoms with Crippen molar-refractivity contribution in [3.05, 3.63) is 0 Å². The average Bonchev–Trinajstić information content (AvgIpc) is 2.91. The van der Waals surface area contributed by atoms with Crippen molar-refractivity contribution in [2.45, 2.75) is 57.0 Å². The highest BCUT2D eigenvalue weighted by Crippen LogP contribution is 2.19. The molecule has 9 nitrogen and oxygen atoms in total. The molecule has 0 aromatic rings. The summed E-state index contributed by atoms with van der Waals surface area (Å²) in [5, 5.41) is 30.0. The van der Waals surface area contributed by atoms with Crippen molar-refractivity contribution in [3.8, 4) is 0 Å². The number of carbonyl (C=O) groups excluding carboxylic acids is 2. The van der Waals surface area contributed by atoms with Gasteiger partial charge in [0.15, 0.2) is 6.04 Å². The second-order valence-electron chi connectivity index (χ2n) is 5.52. The van der Waals surface area contributed by atoms with E-state index in [0.29, 0.717) is 19.4 Å². The number of nitrogens with one attached hydrogen (secondary N) is 1. The molecule has 1 rings (SSSR count). The molecule has 1 fully saturated rings. The maximum absolute atomic E-state index is 12.2. The Morgan fingerprint density at radius 3 is 2.27 bits per heavy atom. The highest BCUT2D eigenvalue weighted by atomic mass is 16.4. The predicted molar refractivity (Wildman–Crippen MR) is 75.6 cm³/mol. The molecule has 0 bridgehead atoms. The van der Waals surface area contributed by atoms with E-state index in [1.807, 2.05) is 0 Å². The first-order valence-corrected chi connectivity index (χ1v) is 7.12. The maximum atomic E-state index is 12.2. The van der Waals surface area contributed by atoms with Gasteiger partial charge in [-0.05, 0) is 26.7 Å². The molecule has 6 N–H and O–H groups in total. The van der Waals surface area contributed by atoms with Gasteiger partial charge in [0.2, 0.25) is 11.8 Å². The molecule has 0 aromatic heterocycles. The Labute approximate surface area is 128 Å². The van der Waals surface area contributed by atoms with Crippen molar-refractivity contribution in [2.75, 3.05) is 6.54 Å². The minimum Gasteiger partial charge on any atom is -0.480 e. The smallest absolute Gasteiger partial charge is 0.328 e. The van der Waals surface area contributed by atoms with Crippen molar-refractivity contribution >= 4 is 17.8 Å². The molecule has 0 aliphatic carbocycles. The van der Waals surface area contributed by atoms with E-state index in [1.54, 1.807) is 0 Å². The molecule has 1 saturated heterocycles. The molecule has 5 atom stereocenters. The Hall–Kier alpha value is -1.71. The van der Waals surface area contributed by atoms with E-state index in [-0.39, 0.29) is 0 Å². The number of nitrogens with zero attached hydrogens (tertiary/aromatic N) is 1. The standard InChI is InChI=1S/C13H23N3O6/c1-6(17)9(14)12(20)16-5-3-4-8(16)11(19)15-10(7(2)18)13(21)22/h6-10,17-18H,3-5,14H2,1-2H3,(H,15,19)(H,21,22)/t6-,7-,8-,9+,10+/m1/s1. The molecule has 0 unspecified atom stereocenters. The minimum absolute atomic E-state index is 0.309. The van der Waals surface area contributed by atoms with Crippen LogP contribution < -0.4 is 11.1 Å². The lowest BCUT2D eigenvalue weighted by molar-refractivity contribution is -0.146. The zero-order valence-corrected chi connectivity index (χ0v) is 12.6. The van der Waals surface area contributed by atoms with E-state index in [4.69, 9.17) is 10.8 Å². The van der Waals surface area contributed by atoms with Crippen LogP contribution in [-0.4, -0.2) is 74.9 Å². The first-order valence-electron chi connectivity index (χ1n) is 7.12. The molecular formula is C13H23N3O6. The van der Waals surface area contributed by atoms with Crippen LogP contribution in [0.1, 0.15) is 26.7 Å². The Kier molecular flexibility index (Phi) is 6.27.